The number of anilines is 1. The second-order valence-corrected chi connectivity index (χ2v) is 9.28. The van der Waals surface area contributed by atoms with Gasteiger partial charge >= 0.3 is 0 Å². The zero-order valence-corrected chi connectivity index (χ0v) is 18.3. The third kappa shape index (κ3) is 3.55. The van der Waals surface area contributed by atoms with Gasteiger partial charge in [0.2, 0.25) is 0 Å². The number of benzene rings is 1. The van der Waals surface area contributed by atoms with E-state index in [4.69, 9.17) is 9.72 Å². The predicted molar refractivity (Wildman–Crippen MR) is 122 cm³/mol. The van der Waals surface area contributed by atoms with Gasteiger partial charge in [-0.2, -0.15) is 5.10 Å². The highest BCUT2D eigenvalue weighted by Crippen LogP contribution is 2.33. The molecule has 4 bridgehead atoms. The third-order valence-electron chi connectivity index (χ3n) is 7.03. The molecule has 2 aliphatic heterocycles. The van der Waals surface area contributed by atoms with Gasteiger partial charge in [-0.15, -0.1) is 0 Å². The topological polar surface area (TPSA) is 57.9 Å². The summed E-state index contributed by atoms with van der Waals surface area (Å²) in [6.07, 6.45) is 6.59. The van der Waals surface area contributed by atoms with Gasteiger partial charge < -0.3 is 10.1 Å². The van der Waals surface area contributed by atoms with Crippen LogP contribution in [0, 0.1) is 6.92 Å². The van der Waals surface area contributed by atoms with Crippen LogP contribution in [0.4, 0.5) is 5.82 Å². The molecule has 4 heterocycles. The van der Waals surface area contributed by atoms with Crippen molar-refractivity contribution < 1.29 is 4.74 Å². The number of rotatable bonds is 1. The maximum Gasteiger partial charge on any atom is 0.165 e. The van der Waals surface area contributed by atoms with Crippen molar-refractivity contribution in [3.8, 4) is 16.9 Å². The van der Waals surface area contributed by atoms with Crippen LogP contribution in [0.3, 0.4) is 0 Å². The molecule has 1 saturated heterocycles. The standard InChI is InChI=1S/C24H30N6O/c1-16-3-6-20-11-21(16)22-12-26-30-9-7-23(27-24(22)30)25-8-10-28-13-17(2)29(18-4-5-18)14-19(28)15-31-20/h3,6-7,9,11-12,17-19H,4-5,8,10,13-15H2,1-2H3,(H,25,27)/t17-,19+/m1/s1. The molecule has 31 heavy (non-hydrogen) atoms. The maximum atomic E-state index is 6.39. The van der Waals surface area contributed by atoms with Crippen molar-refractivity contribution >= 4 is 11.5 Å². The van der Waals surface area contributed by atoms with Gasteiger partial charge in [0, 0.05) is 50.0 Å². The van der Waals surface area contributed by atoms with Gasteiger partial charge in [-0.3, -0.25) is 9.80 Å². The number of aromatic nitrogens is 3. The molecular formula is C24H30N6O. The number of hydrogen-bond donors (Lipinski definition) is 1. The summed E-state index contributed by atoms with van der Waals surface area (Å²) in [5, 5.41) is 8.06. The molecule has 1 N–H and O–H groups in total. The minimum absolute atomic E-state index is 0.397. The lowest BCUT2D eigenvalue weighted by molar-refractivity contribution is 0.0125. The highest BCUT2D eigenvalue weighted by atomic mass is 16.5. The number of nitrogens with zero attached hydrogens (tertiary/aromatic N) is 5. The summed E-state index contributed by atoms with van der Waals surface area (Å²) >= 11 is 0. The molecule has 3 aromatic rings. The fourth-order valence-corrected chi connectivity index (χ4v) is 5.14. The van der Waals surface area contributed by atoms with Gasteiger partial charge in [-0.05, 0) is 56.0 Å². The minimum Gasteiger partial charge on any atom is -0.492 e. The fourth-order valence-electron chi connectivity index (χ4n) is 5.14. The highest BCUT2D eigenvalue weighted by molar-refractivity contribution is 5.80. The van der Waals surface area contributed by atoms with Gasteiger partial charge in [0.05, 0.1) is 12.2 Å². The number of fused-ring (bicyclic) bond motifs is 5. The lowest BCUT2D eigenvalue weighted by atomic mass is 10.0. The van der Waals surface area contributed by atoms with E-state index in [0.717, 1.165) is 60.6 Å². The van der Waals surface area contributed by atoms with E-state index in [9.17, 15) is 0 Å². The summed E-state index contributed by atoms with van der Waals surface area (Å²) < 4.78 is 8.23. The molecule has 0 amide bonds. The maximum absolute atomic E-state index is 6.39. The molecule has 1 aliphatic carbocycles. The smallest absolute Gasteiger partial charge is 0.165 e. The summed E-state index contributed by atoms with van der Waals surface area (Å²) in [5.74, 6) is 1.82. The fraction of sp³-hybridized carbons (Fsp3) is 0.500. The molecule has 7 nitrogen and oxygen atoms in total. The van der Waals surface area contributed by atoms with Crippen LogP contribution in [-0.4, -0.2) is 75.3 Å². The molecule has 7 heteroatoms. The monoisotopic (exact) mass is 418 g/mol. The molecule has 1 saturated carbocycles. The third-order valence-corrected chi connectivity index (χ3v) is 7.03. The first-order chi connectivity index (χ1) is 15.2. The van der Waals surface area contributed by atoms with Crippen LogP contribution in [0.25, 0.3) is 16.8 Å². The molecule has 2 atom stereocenters. The van der Waals surface area contributed by atoms with E-state index in [0.29, 0.717) is 18.7 Å². The van der Waals surface area contributed by atoms with Crippen LogP contribution >= 0.6 is 0 Å². The first-order valence-corrected chi connectivity index (χ1v) is 11.5. The van der Waals surface area contributed by atoms with E-state index in [2.05, 4.69) is 52.3 Å². The molecule has 162 valence electrons. The van der Waals surface area contributed by atoms with Gasteiger partial charge in [0.25, 0.3) is 0 Å². The zero-order chi connectivity index (χ0) is 20.9. The molecule has 3 aliphatic rings. The van der Waals surface area contributed by atoms with Crippen molar-refractivity contribution in [1.82, 2.24) is 24.4 Å². The molecule has 2 fully saturated rings. The Balaban J connectivity index is 1.37. The summed E-state index contributed by atoms with van der Waals surface area (Å²) in [5.41, 5.74) is 4.23. The lowest BCUT2D eigenvalue weighted by Gasteiger charge is -2.45. The quantitative estimate of drug-likeness (QED) is 0.656. The summed E-state index contributed by atoms with van der Waals surface area (Å²) in [4.78, 5) is 10.2. The Morgan fingerprint density at radius 3 is 2.87 bits per heavy atom. The van der Waals surface area contributed by atoms with Gasteiger partial charge in [-0.1, -0.05) is 6.07 Å². The SMILES string of the molecule is Cc1ccc2cc1-c1cnn3ccc(nc13)NCCN1C[C@@H](C)N(C3CC3)C[C@H]1CO2. The number of piperazine rings is 1. The predicted octanol–water partition coefficient (Wildman–Crippen LogP) is 3.05. The first-order valence-electron chi connectivity index (χ1n) is 11.5. The van der Waals surface area contributed by atoms with Crippen molar-refractivity contribution in [2.75, 3.05) is 38.1 Å². The van der Waals surface area contributed by atoms with E-state index in [1.54, 1.807) is 0 Å². The highest BCUT2D eigenvalue weighted by Gasteiger charge is 2.39. The Bertz CT molecular complexity index is 1110. The molecule has 0 spiro atoms. The van der Waals surface area contributed by atoms with E-state index in [1.165, 1.54) is 18.4 Å². The Kier molecular flexibility index (Phi) is 4.61. The molecule has 0 radical (unpaired) electrons. The number of ether oxygens (including phenoxy) is 1. The van der Waals surface area contributed by atoms with Crippen molar-refractivity contribution in [1.29, 1.82) is 0 Å². The van der Waals surface area contributed by atoms with Crippen molar-refractivity contribution in [3.05, 3.63) is 42.2 Å². The van der Waals surface area contributed by atoms with E-state index < -0.39 is 0 Å². The zero-order valence-electron chi connectivity index (χ0n) is 18.3. The van der Waals surface area contributed by atoms with Crippen LogP contribution < -0.4 is 10.1 Å². The van der Waals surface area contributed by atoms with E-state index >= 15 is 0 Å². The van der Waals surface area contributed by atoms with E-state index in [-0.39, 0.29) is 0 Å². The van der Waals surface area contributed by atoms with E-state index in [1.807, 2.05) is 23.0 Å². The Morgan fingerprint density at radius 1 is 1.10 bits per heavy atom. The van der Waals surface area contributed by atoms with Crippen molar-refractivity contribution in [2.45, 2.75) is 44.8 Å². The normalized spacial score (nSPS) is 25.0. The average molecular weight is 419 g/mol. The minimum atomic E-state index is 0.397. The van der Waals surface area contributed by atoms with Crippen LogP contribution in [0.15, 0.2) is 36.7 Å². The van der Waals surface area contributed by atoms with Crippen LogP contribution in [0.1, 0.15) is 25.3 Å². The lowest BCUT2D eigenvalue weighted by Crippen LogP contribution is -2.60. The Morgan fingerprint density at radius 2 is 2.00 bits per heavy atom. The van der Waals surface area contributed by atoms with Crippen LogP contribution in [0.5, 0.6) is 5.75 Å². The summed E-state index contributed by atoms with van der Waals surface area (Å²) in [7, 11) is 0. The van der Waals surface area contributed by atoms with Crippen molar-refractivity contribution in [3.63, 3.8) is 0 Å². The molecule has 6 rings (SSSR count). The summed E-state index contributed by atoms with van der Waals surface area (Å²) in [6.45, 7) is 9.24. The molecule has 1 aromatic carbocycles. The van der Waals surface area contributed by atoms with Crippen LogP contribution in [-0.2, 0) is 0 Å². The van der Waals surface area contributed by atoms with Gasteiger partial charge in [0.1, 0.15) is 18.2 Å². The van der Waals surface area contributed by atoms with Crippen LogP contribution in [0.2, 0.25) is 0 Å². The Labute approximate surface area is 183 Å². The number of nitrogens with one attached hydrogen (secondary N) is 1. The molecule has 2 aromatic heterocycles. The molecular weight excluding hydrogens is 388 g/mol. The average Bonchev–Trinajstić information content (AvgIpc) is 3.53. The second-order valence-electron chi connectivity index (χ2n) is 9.28. The van der Waals surface area contributed by atoms with Crippen molar-refractivity contribution in [2.24, 2.45) is 0 Å². The molecule has 0 unspecified atom stereocenters. The van der Waals surface area contributed by atoms with Gasteiger partial charge in [-0.25, -0.2) is 9.50 Å². The largest absolute Gasteiger partial charge is 0.492 e. The first kappa shape index (κ1) is 19.1. The number of hydrogen-bond acceptors (Lipinski definition) is 6. The second kappa shape index (κ2) is 7.50. The summed E-state index contributed by atoms with van der Waals surface area (Å²) in [6, 6.07) is 10.2. The number of aryl methyl sites for hydroxylation is 1. The Hall–Kier alpha value is -2.64. The van der Waals surface area contributed by atoms with Gasteiger partial charge in [0.15, 0.2) is 5.65 Å².